The van der Waals surface area contributed by atoms with Gasteiger partial charge in [0.2, 0.25) is 5.95 Å². The highest BCUT2D eigenvalue weighted by Gasteiger charge is 2.19. The zero-order valence-electron chi connectivity index (χ0n) is 10.2. The molecule has 2 rings (SSSR count). The van der Waals surface area contributed by atoms with Gasteiger partial charge in [-0.25, -0.2) is 9.97 Å². The molecule has 0 saturated carbocycles. The van der Waals surface area contributed by atoms with Crippen LogP contribution in [0.1, 0.15) is 26.7 Å². The maximum absolute atomic E-state index is 7.60. The minimum absolute atomic E-state index is 0.284. The standard InChI is InChI=1S/C11H17N3O/c1-8-6-12-11(13-7-8)14-10-3-4-15-9(2)5-10/h6-7,9-10H,3-5H2,1-2H3,(H,12,13,14)/i6D. The molecule has 2 unspecified atom stereocenters. The number of hydrogen-bond acceptors (Lipinski definition) is 4. The number of aryl methyl sites for hydroxylation is 1. The van der Waals surface area contributed by atoms with E-state index in [1.54, 1.807) is 6.20 Å². The molecule has 0 aromatic carbocycles. The minimum Gasteiger partial charge on any atom is -0.378 e. The fourth-order valence-electron chi connectivity index (χ4n) is 1.74. The van der Waals surface area contributed by atoms with E-state index in [1.165, 1.54) is 0 Å². The van der Waals surface area contributed by atoms with Crippen LogP contribution in [0.3, 0.4) is 0 Å². The summed E-state index contributed by atoms with van der Waals surface area (Å²) >= 11 is 0. The van der Waals surface area contributed by atoms with Crippen molar-refractivity contribution in [2.24, 2.45) is 0 Å². The first-order valence-corrected chi connectivity index (χ1v) is 5.33. The maximum Gasteiger partial charge on any atom is 0.222 e. The van der Waals surface area contributed by atoms with E-state index in [-0.39, 0.29) is 12.3 Å². The predicted octanol–water partition coefficient (Wildman–Crippen LogP) is 1.76. The summed E-state index contributed by atoms with van der Waals surface area (Å²) in [4.78, 5) is 8.27. The van der Waals surface area contributed by atoms with Crippen LogP contribution in [0.4, 0.5) is 5.95 Å². The summed E-state index contributed by atoms with van der Waals surface area (Å²) in [5.41, 5.74) is 0.797. The fourth-order valence-corrected chi connectivity index (χ4v) is 1.74. The quantitative estimate of drug-likeness (QED) is 0.804. The van der Waals surface area contributed by atoms with Crippen molar-refractivity contribution in [2.45, 2.75) is 38.8 Å². The second kappa shape index (κ2) is 4.57. The van der Waals surface area contributed by atoms with Crippen LogP contribution in [-0.4, -0.2) is 28.7 Å². The Kier molecular flexibility index (Phi) is 2.77. The summed E-state index contributed by atoms with van der Waals surface area (Å²) in [5.74, 6) is 0.551. The minimum atomic E-state index is 0.284. The Morgan fingerprint density at radius 3 is 3.20 bits per heavy atom. The first kappa shape index (κ1) is 9.09. The Balaban J connectivity index is 2.00. The van der Waals surface area contributed by atoms with Gasteiger partial charge in [-0.05, 0) is 32.3 Å². The third-order valence-electron chi connectivity index (χ3n) is 2.54. The Hall–Kier alpha value is -1.16. The Bertz CT molecular complexity index is 372. The van der Waals surface area contributed by atoms with Gasteiger partial charge in [-0.15, -0.1) is 0 Å². The second-order valence-corrected chi connectivity index (χ2v) is 4.04. The van der Waals surface area contributed by atoms with Crippen LogP contribution in [-0.2, 0) is 4.74 Å². The summed E-state index contributed by atoms with van der Waals surface area (Å²) in [6.45, 7) is 4.68. The van der Waals surface area contributed by atoms with Crippen molar-refractivity contribution in [2.75, 3.05) is 11.9 Å². The van der Waals surface area contributed by atoms with Crippen molar-refractivity contribution in [3.63, 3.8) is 0 Å². The van der Waals surface area contributed by atoms with E-state index in [1.807, 2.05) is 6.92 Å². The van der Waals surface area contributed by atoms with Gasteiger partial charge in [0, 0.05) is 25.0 Å². The average Bonchev–Trinajstić information content (AvgIpc) is 2.24. The molecule has 4 heteroatoms. The molecule has 1 saturated heterocycles. The lowest BCUT2D eigenvalue weighted by molar-refractivity contribution is 0.0231. The van der Waals surface area contributed by atoms with Crippen LogP contribution in [0.2, 0.25) is 0 Å². The first-order chi connectivity index (χ1) is 7.65. The zero-order valence-corrected chi connectivity index (χ0v) is 9.16. The van der Waals surface area contributed by atoms with Gasteiger partial charge in [0.1, 0.15) is 0 Å². The number of nitrogens with zero attached hydrogens (tertiary/aromatic N) is 2. The molecule has 0 amide bonds. The number of aromatic nitrogens is 2. The Labute approximate surface area is 91.5 Å². The van der Waals surface area contributed by atoms with Gasteiger partial charge in [-0.3, -0.25) is 0 Å². The van der Waals surface area contributed by atoms with Gasteiger partial charge in [0.15, 0.2) is 0 Å². The largest absolute Gasteiger partial charge is 0.378 e. The molecular formula is C11H17N3O. The molecule has 82 valence electrons. The molecule has 4 nitrogen and oxygen atoms in total. The van der Waals surface area contributed by atoms with E-state index < -0.39 is 0 Å². The SMILES string of the molecule is [2H]c1nc(NC2CCOC(C)C2)ncc1C. The summed E-state index contributed by atoms with van der Waals surface area (Å²) in [5, 5.41) is 3.26. The molecule has 1 fully saturated rings. The summed E-state index contributed by atoms with van der Waals surface area (Å²) in [6, 6.07) is 0.353. The van der Waals surface area contributed by atoms with Crippen LogP contribution in [0, 0.1) is 6.92 Å². The van der Waals surface area contributed by atoms with Gasteiger partial charge in [0.05, 0.1) is 7.47 Å². The van der Waals surface area contributed by atoms with Crippen molar-refractivity contribution < 1.29 is 6.11 Å². The molecule has 1 aromatic heterocycles. The Morgan fingerprint density at radius 2 is 2.47 bits per heavy atom. The topological polar surface area (TPSA) is 47.0 Å². The molecule has 2 atom stereocenters. The lowest BCUT2D eigenvalue weighted by atomic mass is 10.0. The van der Waals surface area contributed by atoms with Gasteiger partial charge in [-0.2, -0.15) is 0 Å². The number of hydrogen-bond donors (Lipinski definition) is 1. The van der Waals surface area contributed by atoms with Gasteiger partial charge in [0.25, 0.3) is 0 Å². The van der Waals surface area contributed by atoms with Gasteiger partial charge < -0.3 is 10.1 Å². The number of nitrogens with one attached hydrogen (secondary N) is 1. The normalized spacial score (nSPS) is 27.2. The third kappa shape index (κ3) is 2.89. The Morgan fingerprint density at radius 1 is 1.60 bits per heavy atom. The number of anilines is 1. The zero-order chi connectivity index (χ0) is 11.5. The van der Waals surface area contributed by atoms with Gasteiger partial charge >= 0.3 is 0 Å². The second-order valence-electron chi connectivity index (χ2n) is 4.04. The smallest absolute Gasteiger partial charge is 0.222 e. The molecule has 1 N–H and O–H groups in total. The van der Waals surface area contributed by atoms with Crippen LogP contribution < -0.4 is 5.32 Å². The average molecular weight is 208 g/mol. The van der Waals surface area contributed by atoms with Crippen molar-refractivity contribution in [3.8, 4) is 0 Å². The van der Waals surface area contributed by atoms with Gasteiger partial charge in [-0.1, -0.05) is 0 Å². The van der Waals surface area contributed by atoms with Crippen LogP contribution in [0.15, 0.2) is 12.4 Å². The highest BCUT2D eigenvalue weighted by molar-refractivity contribution is 5.26. The predicted molar refractivity (Wildman–Crippen MR) is 58.8 cm³/mol. The van der Waals surface area contributed by atoms with Crippen LogP contribution in [0.25, 0.3) is 0 Å². The molecule has 1 aliphatic heterocycles. The highest BCUT2D eigenvalue weighted by atomic mass is 16.5. The third-order valence-corrected chi connectivity index (χ3v) is 2.54. The molecule has 0 bridgehead atoms. The van der Waals surface area contributed by atoms with Crippen LogP contribution in [0.5, 0.6) is 0 Å². The van der Waals surface area contributed by atoms with E-state index in [0.29, 0.717) is 12.0 Å². The molecule has 1 aliphatic rings. The lowest BCUT2D eigenvalue weighted by Gasteiger charge is -2.27. The first-order valence-electron chi connectivity index (χ1n) is 5.83. The summed E-state index contributed by atoms with van der Waals surface area (Å²) in [6.07, 6.45) is 4.18. The molecule has 0 radical (unpaired) electrons. The molecule has 1 aromatic rings. The molecular weight excluding hydrogens is 190 g/mol. The van der Waals surface area contributed by atoms with E-state index in [2.05, 4.69) is 22.2 Å². The van der Waals surface area contributed by atoms with E-state index >= 15 is 0 Å². The van der Waals surface area contributed by atoms with Crippen LogP contribution >= 0.6 is 0 Å². The fraction of sp³-hybridized carbons (Fsp3) is 0.636. The summed E-state index contributed by atoms with van der Waals surface area (Å²) in [7, 11) is 0. The van der Waals surface area contributed by atoms with Crippen molar-refractivity contribution in [1.82, 2.24) is 9.97 Å². The molecule has 2 heterocycles. The number of ether oxygens (including phenoxy) is 1. The van der Waals surface area contributed by atoms with E-state index in [4.69, 9.17) is 6.11 Å². The molecule has 0 spiro atoms. The van der Waals surface area contributed by atoms with E-state index in [0.717, 1.165) is 25.0 Å². The monoisotopic (exact) mass is 208 g/mol. The summed E-state index contributed by atoms with van der Waals surface area (Å²) < 4.78 is 13.1. The maximum atomic E-state index is 7.60. The number of rotatable bonds is 2. The molecule has 0 aliphatic carbocycles. The molecule has 15 heavy (non-hydrogen) atoms. The van der Waals surface area contributed by atoms with Crippen molar-refractivity contribution in [3.05, 3.63) is 17.9 Å². The van der Waals surface area contributed by atoms with E-state index in [9.17, 15) is 0 Å². The lowest BCUT2D eigenvalue weighted by Crippen LogP contribution is -2.33. The van der Waals surface area contributed by atoms with Crippen molar-refractivity contribution in [1.29, 1.82) is 0 Å². The van der Waals surface area contributed by atoms with Crippen molar-refractivity contribution >= 4 is 5.95 Å². The highest BCUT2D eigenvalue weighted by Crippen LogP contribution is 2.16.